The molecular formula is C21H25N5O3. The molecule has 0 unspecified atom stereocenters. The summed E-state index contributed by atoms with van der Waals surface area (Å²) in [5, 5.41) is 2.85. The zero-order valence-corrected chi connectivity index (χ0v) is 16.9. The van der Waals surface area contributed by atoms with Gasteiger partial charge in [-0.3, -0.25) is 5.32 Å². The van der Waals surface area contributed by atoms with Gasteiger partial charge in [-0.2, -0.15) is 4.98 Å². The molecule has 1 aromatic carbocycles. The van der Waals surface area contributed by atoms with Crippen molar-refractivity contribution in [2.45, 2.75) is 20.8 Å². The number of fused-ring (bicyclic) bond motifs is 1. The van der Waals surface area contributed by atoms with Gasteiger partial charge in [0.1, 0.15) is 5.52 Å². The molecule has 1 fully saturated rings. The molecule has 1 aliphatic heterocycles. The molecule has 0 saturated carbocycles. The van der Waals surface area contributed by atoms with Crippen LogP contribution in [-0.4, -0.2) is 53.7 Å². The monoisotopic (exact) mass is 395 g/mol. The molecule has 8 nitrogen and oxygen atoms in total. The molecule has 3 aromatic rings. The third-order valence-electron chi connectivity index (χ3n) is 4.91. The number of carbonyl (C=O) groups excluding carboxylic acids is 1. The number of amides is 2. The highest BCUT2D eigenvalue weighted by Crippen LogP contribution is 2.25. The fourth-order valence-electron chi connectivity index (χ4n) is 3.58. The van der Waals surface area contributed by atoms with Crippen molar-refractivity contribution in [2.24, 2.45) is 0 Å². The second kappa shape index (κ2) is 7.98. The zero-order valence-electron chi connectivity index (χ0n) is 16.9. The predicted molar refractivity (Wildman–Crippen MR) is 112 cm³/mol. The number of aromatic nitrogens is 2. The Hall–Kier alpha value is -3.29. The van der Waals surface area contributed by atoms with Crippen LogP contribution in [0.15, 0.2) is 34.9 Å². The Morgan fingerprint density at radius 2 is 1.86 bits per heavy atom. The maximum Gasteiger partial charge on any atom is 0.323 e. The molecule has 0 bridgehead atoms. The molecule has 2 amide bonds. The number of nitrogens with zero attached hydrogens (tertiary/aromatic N) is 4. The predicted octanol–water partition coefficient (Wildman–Crippen LogP) is 3.59. The van der Waals surface area contributed by atoms with E-state index in [0.29, 0.717) is 36.7 Å². The topological polar surface area (TPSA) is 83.7 Å². The second-order valence-corrected chi connectivity index (χ2v) is 7.17. The van der Waals surface area contributed by atoms with Gasteiger partial charge in [0.15, 0.2) is 5.82 Å². The van der Waals surface area contributed by atoms with E-state index < -0.39 is 0 Å². The van der Waals surface area contributed by atoms with E-state index in [1.807, 2.05) is 6.92 Å². The lowest BCUT2D eigenvalue weighted by Gasteiger charge is -2.36. The van der Waals surface area contributed by atoms with E-state index in [1.54, 1.807) is 11.0 Å². The van der Waals surface area contributed by atoms with Crippen LogP contribution in [0.3, 0.4) is 0 Å². The van der Waals surface area contributed by atoms with E-state index in [-0.39, 0.29) is 11.9 Å². The molecule has 152 valence electrons. The minimum Gasteiger partial charge on any atom is -0.475 e. The fraction of sp³-hybridized carbons (Fsp3) is 0.381. The first-order valence-electron chi connectivity index (χ1n) is 9.80. The maximum atomic E-state index is 12.8. The van der Waals surface area contributed by atoms with Gasteiger partial charge in [-0.1, -0.05) is 6.07 Å². The first-order valence-corrected chi connectivity index (χ1v) is 9.80. The average molecular weight is 395 g/mol. The van der Waals surface area contributed by atoms with Crippen molar-refractivity contribution in [3.05, 3.63) is 41.7 Å². The summed E-state index contributed by atoms with van der Waals surface area (Å²) >= 11 is 0. The van der Waals surface area contributed by atoms with Crippen molar-refractivity contribution < 1.29 is 13.9 Å². The highest BCUT2D eigenvalue weighted by Gasteiger charge is 2.23. The van der Waals surface area contributed by atoms with Crippen LogP contribution in [0.5, 0.6) is 5.88 Å². The lowest BCUT2D eigenvalue weighted by molar-refractivity contribution is 0.208. The summed E-state index contributed by atoms with van der Waals surface area (Å²) in [6.45, 7) is 9.29. The molecule has 1 N–H and O–H groups in total. The first-order chi connectivity index (χ1) is 14.0. The molecule has 1 saturated heterocycles. The number of hydrogen-bond donors (Lipinski definition) is 1. The van der Waals surface area contributed by atoms with Gasteiger partial charge < -0.3 is 19.0 Å². The van der Waals surface area contributed by atoms with Crippen molar-refractivity contribution in [2.75, 3.05) is 43.0 Å². The lowest BCUT2D eigenvalue weighted by Crippen LogP contribution is -2.50. The third kappa shape index (κ3) is 4.11. The number of piperazine rings is 1. The molecule has 0 aliphatic carbocycles. The Morgan fingerprint density at radius 1 is 1.14 bits per heavy atom. The second-order valence-electron chi connectivity index (χ2n) is 7.17. The molecule has 4 rings (SSSR count). The number of furan rings is 1. The number of nitrogens with one attached hydrogen (secondary N) is 1. The molecule has 0 radical (unpaired) electrons. The van der Waals surface area contributed by atoms with Gasteiger partial charge in [-0.15, -0.1) is 0 Å². The molecule has 1 aliphatic rings. The molecular weight excluding hydrogens is 370 g/mol. The number of urea groups is 1. The van der Waals surface area contributed by atoms with Gasteiger partial charge >= 0.3 is 6.03 Å². The van der Waals surface area contributed by atoms with Crippen LogP contribution in [0.1, 0.15) is 18.1 Å². The van der Waals surface area contributed by atoms with Crippen molar-refractivity contribution in [3.8, 4) is 5.88 Å². The number of ether oxygens (including phenoxy) is 1. The summed E-state index contributed by atoms with van der Waals surface area (Å²) in [6.07, 6.45) is 1.51. The molecule has 0 atom stereocenters. The van der Waals surface area contributed by atoms with Crippen molar-refractivity contribution in [1.29, 1.82) is 0 Å². The van der Waals surface area contributed by atoms with E-state index in [1.165, 1.54) is 23.1 Å². The molecule has 2 aromatic heterocycles. The number of hydrogen-bond acceptors (Lipinski definition) is 6. The smallest absolute Gasteiger partial charge is 0.323 e. The first kappa shape index (κ1) is 19.0. The summed E-state index contributed by atoms with van der Waals surface area (Å²) in [7, 11) is 0. The van der Waals surface area contributed by atoms with Gasteiger partial charge in [0.2, 0.25) is 5.71 Å². The Balaban J connectivity index is 1.43. The summed E-state index contributed by atoms with van der Waals surface area (Å²) < 4.78 is 10.8. The number of benzene rings is 1. The summed E-state index contributed by atoms with van der Waals surface area (Å²) in [6, 6.07) is 8.04. The lowest BCUT2D eigenvalue weighted by atomic mass is 10.1. The highest BCUT2D eigenvalue weighted by atomic mass is 16.5. The van der Waals surface area contributed by atoms with Crippen molar-refractivity contribution >= 4 is 28.8 Å². The van der Waals surface area contributed by atoms with Crippen LogP contribution in [-0.2, 0) is 0 Å². The number of anilines is 2. The van der Waals surface area contributed by atoms with Crippen LogP contribution in [0.4, 0.5) is 16.3 Å². The Labute approximate surface area is 169 Å². The SMILES string of the molecule is CCOc1nc2occc2nc1NC(=O)N1CCN(c2cc(C)cc(C)c2)CC1. The number of carbonyl (C=O) groups is 1. The summed E-state index contributed by atoms with van der Waals surface area (Å²) in [5.74, 6) is 0.569. The average Bonchev–Trinajstić information content (AvgIpc) is 3.15. The third-order valence-corrected chi connectivity index (χ3v) is 4.91. The van der Waals surface area contributed by atoms with Crippen LogP contribution in [0, 0.1) is 13.8 Å². The zero-order chi connectivity index (χ0) is 20.4. The largest absolute Gasteiger partial charge is 0.475 e. The molecule has 3 heterocycles. The molecule has 8 heteroatoms. The standard InChI is InChI=1S/C21H25N5O3/c1-4-28-20-18(22-17-5-10-29-19(17)24-20)23-21(27)26-8-6-25(7-9-26)16-12-14(2)11-15(3)13-16/h5,10-13H,4,6-9H2,1-3H3,(H,22,23,27). The van der Waals surface area contributed by atoms with Gasteiger partial charge in [-0.25, -0.2) is 9.78 Å². The van der Waals surface area contributed by atoms with E-state index in [2.05, 4.69) is 52.2 Å². The Kier molecular flexibility index (Phi) is 5.24. The number of aryl methyl sites for hydroxylation is 2. The Bertz CT molecular complexity index is 1000. The minimum absolute atomic E-state index is 0.205. The fourth-order valence-corrected chi connectivity index (χ4v) is 3.58. The summed E-state index contributed by atoms with van der Waals surface area (Å²) in [4.78, 5) is 25.6. The molecule has 0 spiro atoms. The maximum absolute atomic E-state index is 12.8. The van der Waals surface area contributed by atoms with Crippen LogP contribution < -0.4 is 15.0 Å². The number of rotatable bonds is 4. The van der Waals surface area contributed by atoms with Crippen LogP contribution >= 0.6 is 0 Å². The van der Waals surface area contributed by atoms with Crippen molar-refractivity contribution in [3.63, 3.8) is 0 Å². The van der Waals surface area contributed by atoms with E-state index in [0.717, 1.165) is 13.1 Å². The van der Waals surface area contributed by atoms with E-state index in [4.69, 9.17) is 9.15 Å². The van der Waals surface area contributed by atoms with Crippen LogP contribution in [0.2, 0.25) is 0 Å². The van der Waals surface area contributed by atoms with Gasteiger partial charge in [0, 0.05) is 37.9 Å². The minimum atomic E-state index is -0.205. The summed E-state index contributed by atoms with van der Waals surface area (Å²) in [5.41, 5.74) is 4.66. The Morgan fingerprint density at radius 3 is 2.55 bits per heavy atom. The highest BCUT2D eigenvalue weighted by molar-refractivity contribution is 5.90. The normalized spacial score (nSPS) is 14.3. The quantitative estimate of drug-likeness (QED) is 0.727. The van der Waals surface area contributed by atoms with Gasteiger partial charge in [-0.05, 0) is 44.0 Å². The van der Waals surface area contributed by atoms with Crippen molar-refractivity contribution in [1.82, 2.24) is 14.9 Å². The van der Waals surface area contributed by atoms with Gasteiger partial charge in [0.05, 0.1) is 12.9 Å². The van der Waals surface area contributed by atoms with Gasteiger partial charge in [0.25, 0.3) is 5.88 Å². The van der Waals surface area contributed by atoms with Crippen LogP contribution in [0.25, 0.3) is 11.2 Å². The van der Waals surface area contributed by atoms with E-state index in [9.17, 15) is 4.79 Å². The van der Waals surface area contributed by atoms with E-state index >= 15 is 0 Å². The molecule has 29 heavy (non-hydrogen) atoms.